The number of benzene rings is 1. The van der Waals surface area contributed by atoms with Gasteiger partial charge < -0.3 is 5.32 Å². The van der Waals surface area contributed by atoms with Gasteiger partial charge in [-0.2, -0.15) is 5.10 Å². The van der Waals surface area contributed by atoms with Crippen LogP contribution < -0.4 is 5.32 Å². The molecular weight excluding hydrogens is 262 g/mol. The van der Waals surface area contributed by atoms with E-state index >= 15 is 0 Å². The molecule has 2 heterocycles. The third-order valence-electron chi connectivity index (χ3n) is 2.79. The summed E-state index contributed by atoms with van der Waals surface area (Å²) in [4.78, 5) is 8.51. The second-order valence-electron chi connectivity index (χ2n) is 4.00. The fourth-order valence-corrected chi connectivity index (χ4v) is 2.17. The van der Waals surface area contributed by atoms with Crippen LogP contribution in [0.3, 0.4) is 0 Å². The minimum Gasteiger partial charge on any atom is -0.370 e. The highest BCUT2D eigenvalue weighted by atomic mass is 35.5. The fourth-order valence-electron chi connectivity index (χ4n) is 1.95. The van der Waals surface area contributed by atoms with Crippen LogP contribution >= 0.6 is 11.6 Å². The van der Waals surface area contributed by atoms with Gasteiger partial charge in [0.15, 0.2) is 5.65 Å². The Hall–Kier alpha value is -2.14. The Kier molecular flexibility index (Phi) is 3.05. The lowest BCUT2D eigenvalue weighted by molar-refractivity contribution is 0.895. The van der Waals surface area contributed by atoms with Gasteiger partial charge in [0, 0.05) is 6.54 Å². The molecule has 2 aromatic heterocycles. The van der Waals surface area contributed by atoms with Crippen molar-refractivity contribution in [3.8, 4) is 5.69 Å². The van der Waals surface area contributed by atoms with E-state index in [1.165, 1.54) is 6.33 Å². The van der Waals surface area contributed by atoms with E-state index in [1.54, 1.807) is 10.9 Å². The quantitative estimate of drug-likeness (QED) is 0.797. The molecule has 0 saturated carbocycles. The summed E-state index contributed by atoms with van der Waals surface area (Å²) in [5.41, 5.74) is 1.54. The Balaban J connectivity index is 2.22. The van der Waals surface area contributed by atoms with Crippen molar-refractivity contribution in [1.29, 1.82) is 0 Å². The van der Waals surface area contributed by atoms with Crippen molar-refractivity contribution >= 4 is 28.5 Å². The van der Waals surface area contributed by atoms with Gasteiger partial charge in [-0.15, -0.1) is 0 Å². The van der Waals surface area contributed by atoms with Crippen LogP contribution in [0.5, 0.6) is 0 Å². The van der Waals surface area contributed by atoms with Crippen LogP contribution in [-0.2, 0) is 0 Å². The molecule has 1 aromatic carbocycles. The first kappa shape index (κ1) is 11.9. The molecule has 0 unspecified atom stereocenters. The van der Waals surface area contributed by atoms with Gasteiger partial charge in [0.25, 0.3) is 0 Å². The summed E-state index contributed by atoms with van der Waals surface area (Å²) in [6.07, 6.45) is 3.27. The van der Waals surface area contributed by atoms with Crippen molar-refractivity contribution < 1.29 is 0 Å². The molecule has 3 rings (SSSR count). The average molecular weight is 274 g/mol. The van der Waals surface area contributed by atoms with E-state index in [0.717, 1.165) is 29.1 Å². The lowest BCUT2D eigenvalue weighted by Crippen LogP contribution is -2.02. The van der Waals surface area contributed by atoms with Gasteiger partial charge in [0.05, 0.1) is 22.3 Å². The zero-order valence-corrected chi connectivity index (χ0v) is 11.1. The topological polar surface area (TPSA) is 55.6 Å². The number of nitrogens with one attached hydrogen (secondary N) is 1. The van der Waals surface area contributed by atoms with E-state index in [9.17, 15) is 0 Å². The molecule has 0 spiro atoms. The van der Waals surface area contributed by atoms with Crippen molar-refractivity contribution in [1.82, 2.24) is 19.7 Å². The molecule has 5 nitrogen and oxygen atoms in total. The summed E-state index contributed by atoms with van der Waals surface area (Å²) in [6, 6.07) is 7.54. The number of para-hydroxylation sites is 1. The molecule has 0 atom stereocenters. The molecule has 0 radical (unpaired) electrons. The van der Waals surface area contributed by atoms with Crippen LogP contribution in [0.2, 0.25) is 5.02 Å². The van der Waals surface area contributed by atoms with Crippen molar-refractivity contribution in [2.75, 3.05) is 11.9 Å². The summed E-state index contributed by atoms with van der Waals surface area (Å²) in [5, 5.41) is 9.07. The van der Waals surface area contributed by atoms with Gasteiger partial charge in [-0.3, -0.25) is 0 Å². The van der Waals surface area contributed by atoms with E-state index in [0.29, 0.717) is 5.02 Å². The van der Waals surface area contributed by atoms with E-state index in [4.69, 9.17) is 11.6 Å². The van der Waals surface area contributed by atoms with Crippen LogP contribution in [0, 0.1) is 0 Å². The first-order valence-corrected chi connectivity index (χ1v) is 6.36. The number of fused-ring (bicyclic) bond motifs is 1. The third-order valence-corrected chi connectivity index (χ3v) is 3.11. The average Bonchev–Trinajstić information content (AvgIpc) is 2.85. The summed E-state index contributed by atoms with van der Waals surface area (Å²) in [6.45, 7) is 2.82. The fraction of sp³-hybridized carbons (Fsp3) is 0.154. The maximum Gasteiger partial charge on any atom is 0.168 e. The lowest BCUT2D eigenvalue weighted by Gasteiger charge is -2.06. The van der Waals surface area contributed by atoms with E-state index in [2.05, 4.69) is 20.4 Å². The number of hydrogen-bond donors (Lipinski definition) is 1. The number of aromatic nitrogens is 4. The Morgan fingerprint density at radius 3 is 2.89 bits per heavy atom. The van der Waals surface area contributed by atoms with Gasteiger partial charge in [-0.05, 0) is 19.1 Å². The highest BCUT2D eigenvalue weighted by Crippen LogP contribution is 2.25. The molecular formula is C13H12ClN5. The molecule has 6 heteroatoms. The van der Waals surface area contributed by atoms with Crippen LogP contribution in [0.1, 0.15) is 6.92 Å². The van der Waals surface area contributed by atoms with Crippen LogP contribution in [0.25, 0.3) is 16.7 Å². The number of anilines is 1. The summed E-state index contributed by atoms with van der Waals surface area (Å²) in [7, 11) is 0. The highest BCUT2D eigenvalue weighted by Gasteiger charge is 2.12. The zero-order valence-electron chi connectivity index (χ0n) is 10.3. The van der Waals surface area contributed by atoms with E-state index < -0.39 is 0 Å². The summed E-state index contributed by atoms with van der Waals surface area (Å²) >= 11 is 6.20. The maximum absolute atomic E-state index is 6.20. The molecule has 0 bridgehead atoms. The minimum atomic E-state index is 0.635. The molecule has 0 saturated heterocycles. The predicted octanol–water partition coefficient (Wildman–Crippen LogP) is 2.90. The standard InChI is InChI=1S/C13H12ClN5/c1-2-15-12-9-7-18-19(13(9)17-8-16-12)11-6-4-3-5-10(11)14/h3-8H,2H2,1H3,(H,15,16,17). The van der Waals surface area contributed by atoms with E-state index in [-0.39, 0.29) is 0 Å². The second kappa shape index (κ2) is 4.85. The Labute approximate surface area is 115 Å². The van der Waals surface area contributed by atoms with Gasteiger partial charge >= 0.3 is 0 Å². The molecule has 3 aromatic rings. The van der Waals surface area contributed by atoms with Gasteiger partial charge in [-0.25, -0.2) is 14.6 Å². The largest absolute Gasteiger partial charge is 0.370 e. The molecule has 1 N–H and O–H groups in total. The molecule has 96 valence electrons. The van der Waals surface area contributed by atoms with Gasteiger partial charge in [0.2, 0.25) is 0 Å². The molecule has 0 aliphatic rings. The van der Waals surface area contributed by atoms with Crippen LogP contribution in [-0.4, -0.2) is 26.3 Å². The zero-order chi connectivity index (χ0) is 13.2. The van der Waals surface area contributed by atoms with Gasteiger partial charge in [-0.1, -0.05) is 23.7 Å². The van der Waals surface area contributed by atoms with Crippen molar-refractivity contribution in [2.24, 2.45) is 0 Å². The maximum atomic E-state index is 6.20. The highest BCUT2D eigenvalue weighted by molar-refractivity contribution is 6.32. The minimum absolute atomic E-state index is 0.635. The lowest BCUT2D eigenvalue weighted by atomic mass is 10.3. The SMILES string of the molecule is CCNc1ncnc2c1cnn2-c1ccccc1Cl. The Morgan fingerprint density at radius 1 is 1.26 bits per heavy atom. The molecule has 0 aliphatic carbocycles. The van der Waals surface area contributed by atoms with Gasteiger partial charge in [0.1, 0.15) is 12.1 Å². The van der Waals surface area contributed by atoms with E-state index in [1.807, 2.05) is 31.2 Å². The Morgan fingerprint density at radius 2 is 2.11 bits per heavy atom. The normalized spacial score (nSPS) is 10.8. The second-order valence-corrected chi connectivity index (χ2v) is 4.40. The van der Waals surface area contributed by atoms with Crippen molar-refractivity contribution in [2.45, 2.75) is 6.92 Å². The number of hydrogen-bond acceptors (Lipinski definition) is 4. The molecule has 0 aliphatic heterocycles. The monoisotopic (exact) mass is 273 g/mol. The molecule has 0 fully saturated rings. The number of nitrogens with zero attached hydrogens (tertiary/aromatic N) is 4. The first-order valence-electron chi connectivity index (χ1n) is 5.98. The Bertz CT molecular complexity index is 722. The van der Waals surface area contributed by atoms with Crippen LogP contribution in [0.15, 0.2) is 36.8 Å². The summed E-state index contributed by atoms with van der Waals surface area (Å²) < 4.78 is 1.72. The predicted molar refractivity (Wildman–Crippen MR) is 75.8 cm³/mol. The van der Waals surface area contributed by atoms with Crippen LogP contribution in [0.4, 0.5) is 5.82 Å². The smallest absolute Gasteiger partial charge is 0.168 e. The molecule has 0 amide bonds. The number of rotatable bonds is 3. The third kappa shape index (κ3) is 2.02. The molecule has 19 heavy (non-hydrogen) atoms. The first-order chi connectivity index (χ1) is 9.31. The number of halogens is 1. The van der Waals surface area contributed by atoms with Crippen molar-refractivity contribution in [3.05, 3.63) is 41.8 Å². The van der Waals surface area contributed by atoms with Crippen molar-refractivity contribution in [3.63, 3.8) is 0 Å². The summed E-state index contributed by atoms with van der Waals surface area (Å²) in [5.74, 6) is 0.783.